The first kappa shape index (κ1) is 23.8. The summed E-state index contributed by atoms with van der Waals surface area (Å²) < 4.78 is 4.66. The van der Waals surface area contributed by atoms with Gasteiger partial charge in [-0.3, -0.25) is 9.59 Å². The number of allylic oxidation sites excluding steroid dienone is 2. The summed E-state index contributed by atoms with van der Waals surface area (Å²) in [6.07, 6.45) is 20.9. The molecule has 0 aromatic heterocycles. The van der Waals surface area contributed by atoms with E-state index < -0.39 is 11.9 Å². The molecule has 0 saturated heterocycles. The van der Waals surface area contributed by atoms with Gasteiger partial charge in [0.25, 0.3) is 0 Å². The van der Waals surface area contributed by atoms with E-state index in [2.05, 4.69) is 29.1 Å². The summed E-state index contributed by atoms with van der Waals surface area (Å²) in [6.45, 7) is 2.34. The van der Waals surface area contributed by atoms with E-state index in [4.69, 9.17) is 0 Å². The van der Waals surface area contributed by atoms with Crippen molar-refractivity contribution in [2.75, 3.05) is 13.6 Å². The molecule has 0 amide bonds. The van der Waals surface area contributed by atoms with E-state index in [0.717, 1.165) is 25.7 Å². The number of nitrogens with one attached hydrogen (secondary N) is 1. The molecule has 0 aliphatic rings. The Hall–Kier alpha value is -1.16. The summed E-state index contributed by atoms with van der Waals surface area (Å²) in [7, 11) is 1.65. The Labute approximate surface area is 154 Å². The fraction of sp³-hybridized carbons (Fsp3) is 0.810. The third kappa shape index (κ3) is 19.0. The van der Waals surface area contributed by atoms with E-state index in [1.165, 1.54) is 57.8 Å². The minimum absolute atomic E-state index is 0.0815. The maximum absolute atomic E-state index is 11.4. The monoisotopic (exact) mass is 353 g/mol. The average molecular weight is 354 g/mol. The van der Waals surface area contributed by atoms with Gasteiger partial charge in [0, 0.05) is 6.42 Å². The highest BCUT2D eigenvalue weighted by Crippen LogP contribution is 2.10. The van der Waals surface area contributed by atoms with Crippen LogP contribution in [0.3, 0.4) is 0 Å². The minimum Gasteiger partial charge on any atom is -0.392 e. The van der Waals surface area contributed by atoms with Gasteiger partial charge in [0.1, 0.15) is 0 Å². The van der Waals surface area contributed by atoms with Crippen LogP contribution in [-0.2, 0) is 14.3 Å². The Bertz CT molecular complexity index is 353. The van der Waals surface area contributed by atoms with Crippen molar-refractivity contribution in [3.63, 3.8) is 0 Å². The zero-order valence-corrected chi connectivity index (χ0v) is 16.5. The number of likely N-dealkylation sites (N-methyl/N-ethyl adjacent to an activating group) is 1. The Morgan fingerprint density at radius 3 is 1.84 bits per heavy atom. The second-order valence-electron chi connectivity index (χ2n) is 6.71. The number of rotatable bonds is 17. The van der Waals surface area contributed by atoms with Gasteiger partial charge in [-0.1, -0.05) is 70.4 Å². The number of carbonyl (C=O) groups excluding carboxylic acids is 2. The zero-order chi connectivity index (χ0) is 18.6. The molecule has 0 aromatic carbocycles. The van der Waals surface area contributed by atoms with Crippen molar-refractivity contribution in [3.8, 4) is 0 Å². The molecule has 0 rings (SSSR count). The molecular formula is C21H39NO3. The van der Waals surface area contributed by atoms with Gasteiger partial charge >= 0.3 is 11.9 Å². The molecule has 0 radical (unpaired) electrons. The normalized spacial score (nSPS) is 11.1. The van der Waals surface area contributed by atoms with Crippen LogP contribution in [-0.4, -0.2) is 25.5 Å². The van der Waals surface area contributed by atoms with Crippen LogP contribution in [0.15, 0.2) is 12.2 Å². The number of carbonyl (C=O) groups is 2. The van der Waals surface area contributed by atoms with Gasteiger partial charge in [-0.25, -0.2) is 0 Å². The first-order valence-corrected chi connectivity index (χ1v) is 10.2. The quantitative estimate of drug-likeness (QED) is 0.166. The van der Waals surface area contributed by atoms with Crippen molar-refractivity contribution in [1.29, 1.82) is 0 Å². The van der Waals surface area contributed by atoms with Crippen LogP contribution in [0.2, 0.25) is 0 Å². The van der Waals surface area contributed by atoms with Crippen molar-refractivity contribution in [3.05, 3.63) is 12.2 Å². The highest BCUT2D eigenvalue weighted by molar-refractivity contribution is 5.86. The molecule has 0 atom stereocenters. The number of esters is 2. The Balaban J connectivity index is 3.26. The van der Waals surface area contributed by atoms with E-state index >= 15 is 0 Å². The van der Waals surface area contributed by atoms with Crippen LogP contribution in [0.5, 0.6) is 0 Å². The average Bonchev–Trinajstić information content (AvgIpc) is 2.58. The standard InChI is InChI=1S/C21H39NO3/c1-3-4-5-6-7-8-9-10-11-12-13-14-15-16-17-18-20(23)25-21(24)19-22-2/h10-11,22H,3-9,12-19H2,1-2H3. The van der Waals surface area contributed by atoms with Gasteiger partial charge < -0.3 is 10.1 Å². The van der Waals surface area contributed by atoms with Gasteiger partial charge in [0.05, 0.1) is 6.54 Å². The van der Waals surface area contributed by atoms with E-state index in [9.17, 15) is 9.59 Å². The molecule has 4 heteroatoms. The number of ether oxygens (including phenoxy) is 1. The zero-order valence-electron chi connectivity index (χ0n) is 16.5. The molecule has 4 nitrogen and oxygen atoms in total. The maximum atomic E-state index is 11.4. The third-order valence-electron chi connectivity index (χ3n) is 4.19. The predicted octanol–water partition coefficient (Wildman–Crippen LogP) is 5.31. The molecule has 0 aliphatic heterocycles. The molecule has 0 bridgehead atoms. The van der Waals surface area contributed by atoms with Gasteiger partial charge in [-0.05, 0) is 39.2 Å². The fourth-order valence-electron chi connectivity index (χ4n) is 2.70. The number of hydrogen-bond donors (Lipinski definition) is 1. The molecule has 0 aromatic rings. The van der Waals surface area contributed by atoms with Crippen LogP contribution in [0, 0.1) is 0 Å². The molecule has 0 aliphatic carbocycles. The molecule has 0 saturated carbocycles. The highest BCUT2D eigenvalue weighted by Gasteiger charge is 2.08. The van der Waals surface area contributed by atoms with Crippen molar-refractivity contribution in [2.45, 2.75) is 96.8 Å². The minimum atomic E-state index is -0.500. The van der Waals surface area contributed by atoms with Gasteiger partial charge in [0.2, 0.25) is 0 Å². The summed E-state index contributed by atoms with van der Waals surface area (Å²) in [6, 6.07) is 0. The van der Waals surface area contributed by atoms with Crippen LogP contribution < -0.4 is 5.32 Å². The first-order valence-electron chi connectivity index (χ1n) is 10.2. The molecular weight excluding hydrogens is 314 g/mol. The molecule has 0 spiro atoms. The third-order valence-corrected chi connectivity index (χ3v) is 4.19. The van der Waals surface area contributed by atoms with Crippen LogP contribution in [0.4, 0.5) is 0 Å². The summed E-state index contributed by atoms with van der Waals surface area (Å²) in [5.41, 5.74) is 0. The summed E-state index contributed by atoms with van der Waals surface area (Å²) >= 11 is 0. The largest absolute Gasteiger partial charge is 0.392 e. The Morgan fingerprint density at radius 2 is 1.28 bits per heavy atom. The molecule has 25 heavy (non-hydrogen) atoms. The number of unbranched alkanes of at least 4 members (excludes halogenated alkanes) is 11. The van der Waals surface area contributed by atoms with E-state index in [1.54, 1.807) is 7.05 Å². The van der Waals surface area contributed by atoms with Crippen molar-refractivity contribution in [1.82, 2.24) is 5.32 Å². The molecule has 1 N–H and O–H groups in total. The van der Waals surface area contributed by atoms with Gasteiger partial charge in [-0.15, -0.1) is 0 Å². The summed E-state index contributed by atoms with van der Waals surface area (Å²) in [4.78, 5) is 22.5. The summed E-state index contributed by atoms with van der Waals surface area (Å²) in [5.74, 6) is -0.905. The van der Waals surface area contributed by atoms with Crippen molar-refractivity contribution < 1.29 is 14.3 Å². The highest BCUT2D eigenvalue weighted by atomic mass is 16.6. The lowest BCUT2D eigenvalue weighted by Crippen LogP contribution is -2.23. The lowest BCUT2D eigenvalue weighted by Gasteiger charge is -2.02. The SMILES string of the molecule is CCCCCCCCC=CCCCCCCCC(=O)OC(=O)CNC. The van der Waals surface area contributed by atoms with Crippen LogP contribution >= 0.6 is 0 Å². The smallest absolute Gasteiger partial charge is 0.327 e. The van der Waals surface area contributed by atoms with E-state index in [1.807, 2.05) is 0 Å². The maximum Gasteiger partial charge on any atom is 0.327 e. The van der Waals surface area contributed by atoms with Crippen molar-refractivity contribution in [2.24, 2.45) is 0 Å². The molecule has 0 heterocycles. The predicted molar refractivity (Wildman–Crippen MR) is 104 cm³/mol. The molecule has 0 fully saturated rings. The van der Waals surface area contributed by atoms with Crippen molar-refractivity contribution >= 4 is 11.9 Å². The topological polar surface area (TPSA) is 55.4 Å². The second-order valence-corrected chi connectivity index (χ2v) is 6.71. The first-order chi connectivity index (χ1) is 12.2. The second kappa shape index (κ2) is 19.2. The van der Waals surface area contributed by atoms with E-state index in [-0.39, 0.29) is 6.54 Å². The van der Waals surface area contributed by atoms with Gasteiger partial charge in [-0.2, -0.15) is 0 Å². The number of hydrogen-bond acceptors (Lipinski definition) is 4. The van der Waals surface area contributed by atoms with Gasteiger partial charge in [0.15, 0.2) is 0 Å². The Kier molecular flexibility index (Phi) is 18.3. The fourth-order valence-corrected chi connectivity index (χ4v) is 2.70. The lowest BCUT2D eigenvalue weighted by atomic mass is 10.1. The molecule has 146 valence electrons. The Morgan fingerprint density at radius 1 is 0.760 bits per heavy atom. The van der Waals surface area contributed by atoms with E-state index in [0.29, 0.717) is 6.42 Å². The lowest BCUT2D eigenvalue weighted by molar-refractivity contribution is -0.158. The summed E-state index contributed by atoms with van der Waals surface area (Å²) in [5, 5.41) is 2.66. The van der Waals surface area contributed by atoms with Crippen LogP contribution in [0.25, 0.3) is 0 Å². The molecule has 0 unspecified atom stereocenters. The van der Waals surface area contributed by atoms with Crippen LogP contribution in [0.1, 0.15) is 96.8 Å².